The molecule has 1 aromatic heterocycles. The number of benzene rings is 3. The Morgan fingerprint density at radius 3 is 1.21 bits per heavy atom. The SMILES string of the molecule is CC(C)(C)c1cc(C(C)(C)C)c2op(N3C(=O)c4ccccc4C3=O)oc3c(C(C)(C)C)cc(C(C)(C)C)cc3c2c1. The largest absolute Gasteiger partial charge is 0.403 e. The number of hydrogen-bond acceptors (Lipinski definition) is 4. The number of carbonyl (C=O) groups is 2. The molecule has 0 unspecified atom stereocenters. The van der Waals surface area contributed by atoms with Crippen LogP contribution in [0.4, 0.5) is 0 Å². The molecule has 1 aliphatic heterocycles. The summed E-state index contributed by atoms with van der Waals surface area (Å²) in [5, 5.41) is 1.86. The standard InChI is InChI=1S/C36H44NO4P/c1-33(2,3)21-17-25-26-18-22(34(4,5)6)20-28(36(10,11)12)30(26)41-42(40-29(25)27(19-21)35(7,8)9)37-31(38)23-15-13-14-16-24(23)32(37)39/h13-20H,1-12H3. The van der Waals surface area contributed by atoms with Gasteiger partial charge in [0.05, 0.1) is 11.1 Å². The fourth-order valence-corrected chi connectivity index (χ4v) is 6.83. The molecular weight excluding hydrogens is 541 g/mol. The van der Waals surface area contributed by atoms with Gasteiger partial charge in [-0.2, -0.15) is 4.67 Å². The third-order valence-corrected chi connectivity index (χ3v) is 9.46. The number of fused-ring (bicyclic) bond motifs is 4. The van der Waals surface area contributed by atoms with Crippen molar-refractivity contribution in [3.05, 3.63) is 81.9 Å². The number of imide groups is 1. The van der Waals surface area contributed by atoms with Crippen LogP contribution in [0, 0.1) is 0 Å². The third-order valence-electron chi connectivity index (χ3n) is 8.09. The van der Waals surface area contributed by atoms with Crippen LogP contribution in [0.1, 0.15) is 126 Å². The molecule has 4 aromatic rings. The molecule has 222 valence electrons. The second-order valence-electron chi connectivity index (χ2n) is 15.7. The van der Waals surface area contributed by atoms with Gasteiger partial charge in [0.15, 0.2) is 0 Å². The van der Waals surface area contributed by atoms with Crippen LogP contribution < -0.4 is 4.67 Å². The summed E-state index contributed by atoms with van der Waals surface area (Å²) in [6.07, 6.45) is 0. The fraction of sp³-hybridized carbons (Fsp3) is 0.444. The van der Waals surface area contributed by atoms with Gasteiger partial charge < -0.3 is 8.39 Å². The van der Waals surface area contributed by atoms with Crippen molar-refractivity contribution in [2.24, 2.45) is 0 Å². The van der Waals surface area contributed by atoms with E-state index in [1.54, 1.807) is 24.3 Å². The highest BCUT2D eigenvalue weighted by Crippen LogP contribution is 2.47. The lowest BCUT2D eigenvalue weighted by atomic mass is 9.77. The van der Waals surface area contributed by atoms with Gasteiger partial charge in [0.25, 0.3) is 11.8 Å². The highest BCUT2D eigenvalue weighted by Gasteiger charge is 2.40. The first-order valence-corrected chi connectivity index (χ1v) is 15.8. The van der Waals surface area contributed by atoms with Crippen LogP contribution in [0.5, 0.6) is 0 Å². The highest BCUT2D eigenvalue weighted by molar-refractivity contribution is 7.42. The first-order valence-electron chi connectivity index (χ1n) is 14.7. The molecule has 2 heterocycles. The Balaban J connectivity index is 2.06. The molecule has 0 saturated heterocycles. The van der Waals surface area contributed by atoms with E-state index < -0.39 is 8.16 Å². The number of carbonyl (C=O) groups excluding carboxylic acids is 2. The molecular formula is C36H44NO4P. The zero-order valence-electron chi connectivity index (χ0n) is 27.1. The van der Waals surface area contributed by atoms with E-state index in [-0.39, 0.29) is 33.5 Å². The summed E-state index contributed by atoms with van der Waals surface area (Å²) in [6.45, 7) is 26.3. The van der Waals surface area contributed by atoms with Crippen LogP contribution >= 0.6 is 8.16 Å². The molecule has 3 aromatic carbocycles. The van der Waals surface area contributed by atoms with Crippen molar-refractivity contribution in [3.63, 3.8) is 0 Å². The van der Waals surface area contributed by atoms with Crippen molar-refractivity contribution in [3.8, 4) is 0 Å². The molecule has 0 radical (unpaired) electrons. The van der Waals surface area contributed by atoms with Crippen LogP contribution in [0.15, 0.2) is 56.9 Å². The van der Waals surface area contributed by atoms with E-state index in [0.29, 0.717) is 22.3 Å². The van der Waals surface area contributed by atoms with Crippen molar-refractivity contribution in [2.45, 2.75) is 105 Å². The van der Waals surface area contributed by atoms with E-state index in [2.05, 4.69) is 107 Å². The Morgan fingerprint density at radius 2 is 0.905 bits per heavy atom. The molecule has 5 nitrogen and oxygen atoms in total. The summed E-state index contributed by atoms with van der Waals surface area (Å²) < 4.78 is 14.9. The minimum atomic E-state index is -2.17. The number of rotatable bonds is 1. The third kappa shape index (κ3) is 5.11. The van der Waals surface area contributed by atoms with Crippen LogP contribution in [0.25, 0.3) is 21.9 Å². The van der Waals surface area contributed by atoms with Crippen LogP contribution in [0.3, 0.4) is 0 Å². The predicted octanol–water partition coefficient (Wildman–Crippen LogP) is 10.4. The highest BCUT2D eigenvalue weighted by atomic mass is 31.1. The Bertz CT molecular complexity index is 1670. The van der Waals surface area contributed by atoms with E-state index in [0.717, 1.165) is 21.9 Å². The number of amides is 2. The van der Waals surface area contributed by atoms with Crippen molar-refractivity contribution < 1.29 is 18.0 Å². The zero-order valence-corrected chi connectivity index (χ0v) is 28.0. The van der Waals surface area contributed by atoms with Gasteiger partial charge in [0, 0.05) is 21.9 Å². The molecule has 0 bridgehead atoms. The van der Waals surface area contributed by atoms with Gasteiger partial charge in [-0.1, -0.05) is 107 Å². The van der Waals surface area contributed by atoms with E-state index in [9.17, 15) is 9.59 Å². The van der Waals surface area contributed by atoms with E-state index >= 15 is 0 Å². The monoisotopic (exact) mass is 585 g/mol. The van der Waals surface area contributed by atoms with Gasteiger partial charge in [-0.05, 0) is 57.1 Å². The number of nitrogens with zero attached hydrogens (tertiary/aromatic N) is 1. The van der Waals surface area contributed by atoms with Crippen LogP contribution in [-0.2, 0) is 21.7 Å². The number of hydrogen-bond donors (Lipinski definition) is 0. The zero-order chi connectivity index (χ0) is 31.2. The normalized spacial score (nSPS) is 14.7. The van der Waals surface area contributed by atoms with Gasteiger partial charge >= 0.3 is 8.16 Å². The maximum atomic E-state index is 13.7. The Kier molecular flexibility index (Phi) is 6.90. The minimum Gasteiger partial charge on any atom is -0.403 e. The van der Waals surface area contributed by atoms with Gasteiger partial charge in [-0.25, -0.2) is 0 Å². The lowest BCUT2D eigenvalue weighted by molar-refractivity contribution is 0.0936. The van der Waals surface area contributed by atoms with Crippen molar-refractivity contribution in [2.75, 3.05) is 4.67 Å². The molecule has 0 saturated carbocycles. The molecule has 6 heteroatoms. The maximum absolute atomic E-state index is 13.7. The topological polar surface area (TPSA) is 63.7 Å². The van der Waals surface area contributed by atoms with E-state index in [1.807, 2.05) is 0 Å². The van der Waals surface area contributed by atoms with Gasteiger partial charge in [0.2, 0.25) is 0 Å². The summed E-state index contributed by atoms with van der Waals surface area (Å²) in [6, 6.07) is 15.8. The van der Waals surface area contributed by atoms with Crippen molar-refractivity contribution in [1.29, 1.82) is 0 Å². The molecule has 0 atom stereocenters. The summed E-state index contributed by atoms with van der Waals surface area (Å²) in [5.41, 5.74) is 5.69. The summed E-state index contributed by atoms with van der Waals surface area (Å²) >= 11 is 0. The average molecular weight is 586 g/mol. The Hall–Kier alpha value is -3.30. The fourth-order valence-electron chi connectivity index (χ4n) is 5.42. The second-order valence-corrected chi connectivity index (χ2v) is 16.9. The van der Waals surface area contributed by atoms with Gasteiger partial charge in [-0.15, -0.1) is 0 Å². The molecule has 5 rings (SSSR count). The van der Waals surface area contributed by atoms with E-state index in [4.69, 9.17) is 8.39 Å². The Morgan fingerprint density at radius 1 is 0.548 bits per heavy atom. The lowest BCUT2D eigenvalue weighted by Crippen LogP contribution is -2.26. The van der Waals surface area contributed by atoms with Gasteiger partial charge in [0.1, 0.15) is 11.2 Å². The molecule has 0 fully saturated rings. The summed E-state index contributed by atoms with van der Waals surface area (Å²) in [4.78, 5) is 27.5. The molecule has 0 N–H and O–H groups in total. The minimum absolute atomic E-state index is 0.121. The first kappa shape index (κ1) is 30.2. The maximum Gasteiger partial charge on any atom is 0.352 e. The van der Waals surface area contributed by atoms with Crippen molar-refractivity contribution >= 4 is 41.9 Å². The quantitative estimate of drug-likeness (QED) is 0.209. The Labute approximate surface area is 250 Å². The average Bonchev–Trinajstić information content (AvgIpc) is 3.00. The first-order chi connectivity index (χ1) is 19.2. The molecule has 2 amide bonds. The molecule has 42 heavy (non-hydrogen) atoms. The van der Waals surface area contributed by atoms with E-state index in [1.165, 1.54) is 15.8 Å². The molecule has 0 spiro atoms. The smallest absolute Gasteiger partial charge is 0.352 e. The lowest BCUT2D eigenvalue weighted by Gasteiger charge is -2.27. The molecule has 1 aliphatic rings. The van der Waals surface area contributed by atoms with Gasteiger partial charge in [-0.3, -0.25) is 9.59 Å². The summed E-state index contributed by atoms with van der Waals surface area (Å²) in [5.74, 6) is -0.780. The summed E-state index contributed by atoms with van der Waals surface area (Å²) in [7, 11) is -2.17. The molecule has 0 aliphatic carbocycles. The predicted molar refractivity (Wildman–Crippen MR) is 174 cm³/mol. The van der Waals surface area contributed by atoms with Crippen LogP contribution in [0.2, 0.25) is 0 Å². The second kappa shape index (κ2) is 9.61. The van der Waals surface area contributed by atoms with Crippen LogP contribution in [-0.4, -0.2) is 11.8 Å². The van der Waals surface area contributed by atoms with Crippen molar-refractivity contribution in [1.82, 2.24) is 0 Å².